The van der Waals surface area contributed by atoms with E-state index in [9.17, 15) is 4.79 Å². The van der Waals surface area contributed by atoms with E-state index in [2.05, 4.69) is 9.97 Å². The number of hydrogen-bond donors (Lipinski definition) is 2. The van der Waals surface area contributed by atoms with Crippen LogP contribution in [0.25, 0.3) is 0 Å². The Morgan fingerprint density at radius 1 is 1.35 bits per heavy atom. The molecule has 2 rings (SSSR count). The van der Waals surface area contributed by atoms with Crippen LogP contribution in [-0.2, 0) is 0 Å². The minimum absolute atomic E-state index is 0.113. The van der Waals surface area contributed by atoms with Crippen molar-refractivity contribution in [2.45, 2.75) is 18.5 Å². The SMILES string of the molecule is Cc1cc(=O)[nH]c(SCCCOc2ccc(N)cc2)n1. The summed E-state index contributed by atoms with van der Waals surface area (Å²) < 4.78 is 5.59. The molecular weight excluding hydrogens is 274 g/mol. The van der Waals surface area contributed by atoms with Crippen LogP contribution in [0.3, 0.4) is 0 Å². The van der Waals surface area contributed by atoms with Crippen molar-refractivity contribution in [3.63, 3.8) is 0 Å². The minimum Gasteiger partial charge on any atom is -0.494 e. The van der Waals surface area contributed by atoms with Crippen LogP contribution in [0, 0.1) is 6.92 Å². The Balaban J connectivity index is 1.71. The highest BCUT2D eigenvalue weighted by atomic mass is 32.2. The molecule has 0 amide bonds. The van der Waals surface area contributed by atoms with Gasteiger partial charge in [0.1, 0.15) is 5.75 Å². The molecule has 1 aromatic heterocycles. The average Bonchev–Trinajstić information content (AvgIpc) is 2.39. The number of nitrogens with two attached hydrogens (primary N) is 1. The number of aromatic amines is 1. The van der Waals surface area contributed by atoms with Gasteiger partial charge in [-0.15, -0.1) is 0 Å². The van der Waals surface area contributed by atoms with Gasteiger partial charge in [-0.25, -0.2) is 4.98 Å². The quantitative estimate of drug-likeness (QED) is 0.369. The molecule has 106 valence electrons. The molecule has 0 saturated heterocycles. The van der Waals surface area contributed by atoms with E-state index in [1.165, 1.54) is 17.8 Å². The Kier molecular flexibility index (Phi) is 5.06. The molecule has 0 fully saturated rings. The van der Waals surface area contributed by atoms with Gasteiger partial charge in [0, 0.05) is 23.2 Å². The molecule has 0 aliphatic rings. The average molecular weight is 291 g/mol. The van der Waals surface area contributed by atoms with E-state index in [0.29, 0.717) is 11.8 Å². The first-order valence-electron chi connectivity index (χ1n) is 6.32. The molecule has 0 unspecified atom stereocenters. The molecule has 5 nitrogen and oxygen atoms in total. The Labute approximate surface area is 121 Å². The van der Waals surface area contributed by atoms with Gasteiger partial charge in [-0.3, -0.25) is 4.79 Å². The summed E-state index contributed by atoms with van der Waals surface area (Å²) in [5, 5.41) is 0.655. The third-order valence-electron chi connectivity index (χ3n) is 2.52. The zero-order valence-electron chi connectivity index (χ0n) is 11.3. The number of rotatable bonds is 6. The Bertz CT molecular complexity index is 611. The highest BCUT2D eigenvalue weighted by molar-refractivity contribution is 7.99. The van der Waals surface area contributed by atoms with E-state index < -0.39 is 0 Å². The molecule has 0 bridgehead atoms. The maximum Gasteiger partial charge on any atom is 0.251 e. The van der Waals surface area contributed by atoms with Gasteiger partial charge in [-0.05, 0) is 37.6 Å². The number of nitrogens with one attached hydrogen (secondary N) is 1. The summed E-state index contributed by atoms with van der Waals surface area (Å²) >= 11 is 1.52. The van der Waals surface area contributed by atoms with Crippen LogP contribution < -0.4 is 16.0 Å². The second-order valence-corrected chi connectivity index (χ2v) is 5.40. The van der Waals surface area contributed by atoms with Gasteiger partial charge in [0.25, 0.3) is 5.56 Å². The predicted molar refractivity (Wildman–Crippen MR) is 81.3 cm³/mol. The highest BCUT2D eigenvalue weighted by Crippen LogP contribution is 2.15. The molecule has 0 spiro atoms. The number of thioether (sulfide) groups is 1. The number of benzene rings is 1. The summed E-state index contributed by atoms with van der Waals surface area (Å²) in [6.45, 7) is 2.43. The topological polar surface area (TPSA) is 81.0 Å². The minimum atomic E-state index is -0.113. The molecule has 0 aliphatic carbocycles. The number of anilines is 1. The molecule has 1 heterocycles. The zero-order chi connectivity index (χ0) is 14.4. The first-order chi connectivity index (χ1) is 9.63. The van der Waals surface area contributed by atoms with Crippen LogP contribution in [0.2, 0.25) is 0 Å². The number of ether oxygens (including phenoxy) is 1. The van der Waals surface area contributed by atoms with Crippen molar-refractivity contribution >= 4 is 17.4 Å². The van der Waals surface area contributed by atoms with Gasteiger partial charge in [-0.2, -0.15) is 0 Å². The number of nitrogen functional groups attached to an aromatic ring is 1. The zero-order valence-corrected chi connectivity index (χ0v) is 12.1. The lowest BCUT2D eigenvalue weighted by Gasteiger charge is -2.06. The molecule has 6 heteroatoms. The smallest absolute Gasteiger partial charge is 0.251 e. The van der Waals surface area contributed by atoms with Gasteiger partial charge in [0.2, 0.25) is 0 Å². The first-order valence-corrected chi connectivity index (χ1v) is 7.31. The number of aryl methyl sites for hydroxylation is 1. The van der Waals surface area contributed by atoms with E-state index in [1.807, 2.05) is 31.2 Å². The molecule has 0 atom stereocenters. The second kappa shape index (κ2) is 7.00. The fraction of sp³-hybridized carbons (Fsp3) is 0.286. The van der Waals surface area contributed by atoms with E-state index in [1.54, 1.807) is 0 Å². The third-order valence-corrected chi connectivity index (χ3v) is 3.48. The van der Waals surface area contributed by atoms with Gasteiger partial charge in [0.15, 0.2) is 5.16 Å². The highest BCUT2D eigenvalue weighted by Gasteiger charge is 1.99. The number of H-pyrrole nitrogens is 1. The second-order valence-electron chi connectivity index (χ2n) is 4.31. The van der Waals surface area contributed by atoms with Gasteiger partial charge >= 0.3 is 0 Å². The van der Waals surface area contributed by atoms with E-state index >= 15 is 0 Å². The van der Waals surface area contributed by atoms with Crippen LogP contribution >= 0.6 is 11.8 Å². The van der Waals surface area contributed by atoms with Gasteiger partial charge in [0.05, 0.1) is 6.61 Å². The molecule has 2 aromatic rings. The third kappa shape index (κ3) is 4.62. The number of hydrogen-bond acceptors (Lipinski definition) is 5. The first kappa shape index (κ1) is 14.5. The van der Waals surface area contributed by atoms with Gasteiger partial charge < -0.3 is 15.5 Å². The predicted octanol–water partition coefficient (Wildman–Crippen LogP) is 2.22. The normalized spacial score (nSPS) is 10.4. The van der Waals surface area contributed by atoms with E-state index in [0.717, 1.165) is 29.3 Å². The van der Waals surface area contributed by atoms with Crippen molar-refractivity contribution in [1.29, 1.82) is 0 Å². The lowest BCUT2D eigenvalue weighted by molar-refractivity contribution is 0.319. The maximum atomic E-state index is 11.3. The summed E-state index contributed by atoms with van der Waals surface area (Å²) in [5.74, 6) is 1.65. The fourth-order valence-electron chi connectivity index (χ4n) is 1.60. The Morgan fingerprint density at radius 2 is 2.10 bits per heavy atom. The summed E-state index contributed by atoms with van der Waals surface area (Å²) in [4.78, 5) is 18.2. The lowest BCUT2D eigenvalue weighted by Crippen LogP contribution is -2.08. The van der Waals surface area contributed by atoms with Crippen molar-refractivity contribution in [1.82, 2.24) is 9.97 Å². The Morgan fingerprint density at radius 3 is 2.80 bits per heavy atom. The lowest BCUT2D eigenvalue weighted by atomic mass is 10.3. The van der Waals surface area contributed by atoms with Crippen LogP contribution in [0.15, 0.2) is 40.3 Å². The summed E-state index contributed by atoms with van der Waals surface area (Å²) in [7, 11) is 0. The monoisotopic (exact) mass is 291 g/mol. The van der Waals surface area contributed by atoms with Crippen LogP contribution in [0.1, 0.15) is 12.1 Å². The summed E-state index contributed by atoms with van der Waals surface area (Å²) in [5.41, 5.74) is 6.94. The van der Waals surface area contributed by atoms with Crippen LogP contribution in [0.5, 0.6) is 5.75 Å². The van der Waals surface area contributed by atoms with Crippen LogP contribution in [-0.4, -0.2) is 22.3 Å². The maximum absolute atomic E-state index is 11.3. The molecule has 0 saturated carbocycles. The molecule has 20 heavy (non-hydrogen) atoms. The van der Waals surface area contributed by atoms with Crippen molar-refractivity contribution in [2.24, 2.45) is 0 Å². The van der Waals surface area contributed by atoms with E-state index in [4.69, 9.17) is 10.5 Å². The van der Waals surface area contributed by atoms with Crippen molar-refractivity contribution in [3.05, 3.63) is 46.4 Å². The number of nitrogens with zero attached hydrogens (tertiary/aromatic N) is 1. The van der Waals surface area contributed by atoms with Crippen molar-refractivity contribution < 1.29 is 4.74 Å². The van der Waals surface area contributed by atoms with Crippen molar-refractivity contribution in [3.8, 4) is 5.75 Å². The van der Waals surface area contributed by atoms with Gasteiger partial charge in [-0.1, -0.05) is 11.8 Å². The molecule has 1 aromatic carbocycles. The van der Waals surface area contributed by atoms with Crippen LogP contribution in [0.4, 0.5) is 5.69 Å². The van der Waals surface area contributed by atoms with Crippen molar-refractivity contribution in [2.75, 3.05) is 18.1 Å². The Hall–Kier alpha value is -1.95. The number of aromatic nitrogens is 2. The molecular formula is C14H17N3O2S. The fourth-order valence-corrected chi connectivity index (χ4v) is 2.44. The molecule has 3 N–H and O–H groups in total. The largest absolute Gasteiger partial charge is 0.494 e. The molecule has 0 aliphatic heterocycles. The summed E-state index contributed by atoms with van der Waals surface area (Å²) in [6, 6.07) is 8.80. The molecule has 0 radical (unpaired) electrons. The summed E-state index contributed by atoms with van der Waals surface area (Å²) in [6.07, 6.45) is 0.868. The standard InChI is InChI=1S/C14H17N3O2S/c1-10-9-13(18)17-14(16-10)20-8-2-7-19-12-5-3-11(15)4-6-12/h3-6,9H,2,7-8,15H2,1H3,(H,16,17,18). The van der Waals surface area contributed by atoms with E-state index in [-0.39, 0.29) is 5.56 Å².